The quantitative estimate of drug-likeness (QED) is 0.832. The Hall–Kier alpha value is -1.58. The van der Waals surface area contributed by atoms with Crippen molar-refractivity contribution in [3.05, 3.63) is 48.0 Å². The van der Waals surface area contributed by atoms with E-state index in [9.17, 15) is 4.79 Å². The Kier molecular flexibility index (Phi) is 4.99. The van der Waals surface area contributed by atoms with Crippen LogP contribution in [0.15, 0.2) is 42.5 Å². The molecule has 4 heteroatoms. The first-order valence-electron chi connectivity index (χ1n) is 6.84. The highest BCUT2D eigenvalue weighted by Crippen LogP contribution is 2.19. The predicted molar refractivity (Wildman–Crippen MR) is 84.6 cm³/mol. The minimum absolute atomic E-state index is 0. The Labute approximate surface area is 125 Å². The molecule has 0 spiro atoms. The van der Waals surface area contributed by atoms with Crippen molar-refractivity contribution in [2.45, 2.75) is 18.9 Å². The standard InChI is InChI=1S/C16H18N2O.ClH/c19-16(18-11-10-17-13-8-9-13)15-7-3-5-12-4-1-2-6-14(12)15;/h1-7,13,17H,8-11H2,(H,18,19);1H. The predicted octanol–water partition coefficient (Wildman–Crippen LogP) is 2.74. The van der Waals surface area contributed by atoms with Gasteiger partial charge >= 0.3 is 0 Å². The van der Waals surface area contributed by atoms with E-state index >= 15 is 0 Å². The highest BCUT2D eigenvalue weighted by atomic mass is 35.5. The lowest BCUT2D eigenvalue weighted by Crippen LogP contribution is -2.32. The van der Waals surface area contributed by atoms with Gasteiger partial charge < -0.3 is 10.6 Å². The molecule has 0 radical (unpaired) electrons. The number of hydrogen-bond donors (Lipinski definition) is 2. The molecule has 0 bridgehead atoms. The largest absolute Gasteiger partial charge is 0.351 e. The molecule has 20 heavy (non-hydrogen) atoms. The van der Waals surface area contributed by atoms with Crippen molar-refractivity contribution < 1.29 is 4.79 Å². The molecule has 0 saturated heterocycles. The maximum absolute atomic E-state index is 12.2. The second-order valence-corrected chi connectivity index (χ2v) is 5.01. The fourth-order valence-electron chi connectivity index (χ4n) is 2.26. The summed E-state index contributed by atoms with van der Waals surface area (Å²) in [5.74, 6) is 0.00870. The summed E-state index contributed by atoms with van der Waals surface area (Å²) >= 11 is 0. The number of carbonyl (C=O) groups excluding carboxylic acids is 1. The van der Waals surface area contributed by atoms with Gasteiger partial charge in [-0.2, -0.15) is 0 Å². The molecule has 0 atom stereocenters. The monoisotopic (exact) mass is 290 g/mol. The highest BCUT2D eigenvalue weighted by Gasteiger charge is 2.19. The van der Waals surface area contributed by atoms with Gasteiger partial charge in [0.1, 0.15) is 0 Å². The number of nitrogens with one attached hydrogen (secondary N) is 2. The molecule has 0 unspecified atom stereocenters. The lowest BCUT2D eigenvalue weighted by atomic mass is 10.0. The van der Waals surface area contributed by atoms with Crippen molar-refractivity contribution in [1.29, 1.82) is 0 Å². The molecule has 0 aliphatic heterocycles. The van der Waals surface area contributed by atoms with E-state index in [4.69, 9.17) is 0 Å². The molecule has 1 aliphatic carbocycles. The van der Waals surface area contributed by atoms with Crippen LogP contribution in [0.1, 0.15) is 23.2 Å². The molecular weight excluding hydrogens is 272 g/mol. The number of rotatable bonds is 5. The van der Waals surface area contributed by atoms with Gasteiger partial charge in [-0.25, -0.2) is 0 Å². The molecule has 3 rings (SSSR count). The maximum Gasteiger partial charge on any atom is 0.251 e. The van der Waals surface area contributed by atoms with Crippen LogP contribution in [0.5, 0.6) is 0 Å². The summed E-state index contributed by atoms with van der Waals surface area (Å²) in [5.41, 5.74) is 0.754. The van der Waals surface area contributed by atoms with E-state index in [-0.39, 0.29) is 18.3 Å². The number of fused-ring (bicyclic) bond motifs is 1. The molecule has 1 amide bonds. The summed E-state index contributed by atoms with van der Waals surface area (Å²) in [6.07, 6.45) is 2.55. The summed E-state index contributed by atoms with van der Waals surface area (Å²) in [7, 11) is 0. The summed E-state index contributed by atoms with van der Waals surface area (Å²) in [4.78, 5) is 12.2. The Bertz CT molecular complexity index is 591. The number of hydrogen-bond acceptors (Lipinski definition) is 2. The van der Waals surface area contributed by atoms with Gasteiger partial charge in [0.15, 0.2) is 0 Å². The molecule has 1 aliphatic rings. The lowest BCUT2D eigenvalue weighted by Gasteiger charge is -2.08. The third-order valence-corrected chi connectivity index (χ3v) is 3.46. The Morgan fingerprint density at radius 2 is 1.80 bits per heavy atom. The van der Waals surface area contributed by atoms with Gasteiger partial charge in [0.2, 0.25) is 0 Å². The van der Waals surface area contributed by atoms with Crippen LogP contribution in [0.3, 0.4) is 0 Å². The van der Waals surface area contributed by atoms with Crippen LogP contribution in [-0.4, -0.2) is 25.0 Å². The van der Waals surface area contributed by atoms with Crippen LogP contribution < -0.4 is 10.6 Å². The molecule has 1 saturated carbocycles. The van der Waals surface area contributed by atoms with Crippen molar-refractivity contribution >= 4 is 29.1 Å². The third-order valence-electron chi connectivity index (χ3n) is 3.46. The van der Waals surface area contributed by atoms with Crippen molar-refractivity contribution in [3.8, 4) is 0 Å². The SMILES string of the molecule is Cl.O=C(NCCNC1CC1)c1cccc2ccccc12. The molecule has 2 N–H and O–H groups in total. The van der Waals surface area contributed by atoms with E-state index in [2.05, 4.69) is 10.6 Å². The van der Waals surface area contributed by atoms with E-state index in [1.165, 1.54) is 12.8 Å². The smallest absolute Gasteiger partial charge is 0.251 e. The van der Waals surface area contributed by atoms with Gasteiger partial charge in [0.05, 0.1) is 0 Å². The van der Waals surface area contributed by atoms with Gasteiger partial charge in [-0.15, -0.1) is 12.4 Å². The second kappa shape index (κ2) is 6.73. The number of halogens is 1. The Morgan fingerprint density at radius 1 is 1.05 bits per heavy atom. The molecule has 1 fully saturated rings. The number of benzene rings is 2. The normalized spacial score (nSPS) is 13.8. The van der Waals surface area contributed by atoms with Crippen LogP contribution in [0.25, 0.3) is 10.8 Å². The van der Waals surface area contributed by atoms with Gasteiger partial charge in [-0.3, -0.25) is 4.79 Å². The zero-order chi connectivity index (χ0) is 13.1. The number of amides is 1. The topological polar surface area (TPSA) is 41.1 Å². The summed E-state index contributed by atoms with van der Waals surface area (Å²) in [6.45, 7) is 1.53. The minimum Gasteiger partial charge on any atom is -0.351 e. The first-order valence-corrected chi connectivity index (χ1v) is 6.84. The Balaban J connectivity index is 0.00000147. The zero-order valence-corrected chi connectivity index (χ0v) is 12.1. The van der Waals surface area contributed by atoms with Crippen molar-refractivity contribution in [2.75, 3.05) is 13.1 Å². The van der Waals surface area contributed by atoms with E-state index in [1.54, 1.807) is 0 Å². The lowest BCUT2D eigenvalue weighted by molar-refractivity contribution is 0.0955. The maximum atomic E-state index is 12.2. The molecule has 2 aromatic carbocycles. The summed E-state index contributed by atoms with van der Waals surface area (Å²) in [5, 5.41) is 8.47. The van der Waals surface area contributed by atoms with Crippen molar-refractivity contribution in [2.24, 2.45) is 0 Å². The van der Waals surface area contributed by atoms with Crippen LogP contribution in [0.2, 0.25) is 0 Å². The average Bonchev–Trinajstić information content (AvgIpc) is 3.27. The summed E-state index contributed by atoms with van der Waals surface area (Å²) < 4.78 is 0. The molecule has 0 aromatic heterocycles. The van der Waals surface area contributed by atoms with Gasteiger partial charge in [0, 0.05) is 24.7 Å². The molecule has 0 heterocycles. The van der Waals surface area contributed by atoms with Crippen LogP contribution in [0.4, 0.5) is 0 Å². The van der Waals surface area contributed by atoms with Crippen molar-refractivity contribution in [3.63, 3.8) is 0 Å². The highest BCUT2D eigenvalue weighted by molar-refractivity contribution is 6.06. The Morgan fingerprint density at radius 3 is 2.60 bits per heavy atom. The number of carbonyl (C=O) groups is 1. The van der Waals surface area contributed by atoms with Gasteiger partial charge in [0.25, 0.3) is 5.91 Å². The molecular formula is C16H19ClN2O. The average molecular weight is 291 g/mol. The minimum atomic E-state index is 0. The van der Waals surface area contributed by atoms with E-state index in [0.29, 0.717) is 12.6 Å². The van der Waals surface area contributed by atoms with Crippen molar-refractivity contribution in [1.82, 2.24) is 10.6 Å². The van der Waals surface area contributed by atoms with Crippen LogP contribution in [-0.2, 0) is 0 Å². The molecule has 106 valence electrons. The first-order chi connectivity index (χ1) is 9.34. The van der Waals surface area contributed by atoms with E-state index in [0.717, 1.165) is 22.9 Å². The molecule has 2 aromatic rings. The first kappa shape index (κ1) is 14.8. The molecule has 3 nitrogen and oxygen atoms in total. The van der Waals surface area contributed by atoms with Gasteiger partial charge in [-0.1, -0.05) is 36.4 Å². The fraction of sp³-hybridized carbons (Fsp3) is 0.312. The van der Waals surface area contributed by atoms with Gasteiger partial charge in [-0.05, 0) is 29.7 Å². The zero-order valence-electron chi connectivity index (χ0n) is 11.3. The third kappa shape index (κ3) is 3.50. The fourth-order valence-corrected chi connectivity index (χ4v) is 2.26. The summed E-state index contributed by atoms with van der Waals surface area (Å²) in [6, 6.07) is 14.5. The van der Waals surface area contributed by atoms with Crippen LogP contribution in [0, 0.1) is 0 Å². The van der Waals surface area contributed by atoms with E-state index < -0.39 is 0 Å². The second-order valence-electron chi connectivity index (χ2n) is 5.01. The van der Waals surface area contributed by atoms with E-state index in [1.807, 2.05) is 42.5 Å². The van der Waals surface area contributed by atoms with Crippen LogP contribution >= 0.6 is 12.4 Å².